The minimum atomic E-state index is -0.641. The summed E-state index contributed by atoms with van der Waals surface area (Å²) in [5, 5.41) is 0. The molecule has 92 valence electrons. The van der Waals surface area contributed by atoms with Crippen molar-refractivity contribution < 1.29 is 13.9 Å². The molecule has 1 aromatic carbocycles. The summed E-state index contributed by atoms with van der Waals surface area (Å²) >= 11 is 3.27. The quantitative estimate of drug-likeness (QED) is 0.817. The summed E-state index contributed by atoms with van der Waals surface area (Å²) in [7, 11) is 1.50. The van der Waals surface area contributed by atoms with Crippen molar-refractivity contribution in [2.75, 3.05) is 7.11 Å². The molecule has 0 radical (unpaired) electrons. The van der Waals surface area contributed by atoms with Crippen molar-refractivity contribution in [3.8, 4) is 5.75 Å². The molecular weight excluding hydrogens is 301 g/mol. The highest BCUT2D eigenvalue weighted by atomic mass is 79.9. The number of ether oxygens (including phenoxy) is 1. The predicted molar refractivity (Wildman–Crippen MR) is 68.3 cm³/mol. The van der Waals surface area contributed by atoms with Gasteiger partial charge < -0.3 is 4.74 Å². The monoisotopic (exact) mass is 309 g/mol. The molecule has 0 amide bonds. The Morgan fingerprint density at radius 1 is 1.33 bits per heavy atom. The summed E-state index contributed by atoms with van der Waals surface area (Å²) in [6, 6.07) is 6.31. The van der Waals surface area contributed by atoms with Crippen LogP contribution in [0.4, 0.5) is 4.39 Å². The number of nitrogens with zero attached hydrogens (tertiary/aromatic N) is 1. The highest BCUT2D eigenvalue weighted by Gasteiger charge is 2.17. The third kappa shape index (κ3) is 2.41. The number of carbonyl (C=O) groups excluding carboxylic acids is 1. The molecule has 18 heavy (non-hydrogen) atoms. The first-order chi connectivity index (χ1) is 8.63. The van der Waals surface area contributed by atoms with Crippen LogP contribution in [0.1, 0.15) is 15.9 Å². The lowest BCUT2D eigenvalue weighted by molar-refractivity contribution is 0.103. The largest absolute Gasteiger partial charge is 0.497 e. The molecule has 5 heteroatoms. The normalized spacial score (nSPS) is 10.2. The Kier molecular flexibility index (Phi) is 3.72. The highest BCUT2D eigenvalue weighted by Crippen LogP contribution is 2.25. The molecule has 0 saturated carbocycles. The van der Waals surface area contributed by atoms with E-state index in [1.54, 1.807) is 18.2 Å². The lowest BCUT2D eigenvalue weighted by Crippen LogP contribution is -2.05. The maximum absolute atomic E-state index is 13.5. The molecule has 0 unspecified atom stereocenters. The van der Waals surface area contributed by atoms with Gasteiger partial charge in [0.25, 0.3) is 0 Å². The van der Waals surface area contributed by atoms with Gasteiger partial charge >= 0.3 is 0 Å². The van der Waals surface area contributed by atoms with Gasteiger partial charge in [-0.25, -0.2) is 4.39 Å². The summed E-state index contributed by atoms with van der Waals surface area (Å²) < 4.78 is 19.1. The Morgan fingerprint density at radius 3 is 2.78 bits per heavy atom. The number of ketones is 1. The Bertz CT molecular complexity index is 601. The first-order valence-corrected chi connectivity index (χ1v) is 5.90. The van der Waals surface area contributed by atoms with Gasteiger partial charge in [0.05, 0.1) is 18.9 Å². The van der Waals surface area contributed by atoms with E-state index >= 15 is 0 Å². The summed E-state index contributed by atoms with van der Waals surface area (Å²) in [4.78, 5) is 15.8. The van der Waals surface area contributed by atoms with E-state index in [4.69, 9.17) is 4.74 Å². The predicted octanol–water partition coefficient (Wildman–Crippen LogP) is 3.22. The molecule has 0 saturated heterocycles. The molecule has 0 spiro atoms. The molecule has 3 nitrogen and oxygen atoms in total. The molecule has 1 heterocycles. The zero-order chi connectivity index (χ0) is 13.1. The fourth-order valence-corrected chi connectivity index (χ4v) is 1.94. The van der Waals surface area contributed by atoms with Crippen LogP contribution in [0.5, 0.6) is 5.75 Å². The molecule has 0 atom stereocenters. The van der Waals surface area contributed by atoms with Crippen molar-refractivity contribution in [3.05, 3.63) is 58.1 Å². The molecule has 0 aliphatic heterocycles. The van der Waals surface area contributed by atoms with Crippen LogP contribution >= 0.6 is 15.9 Å². The molecular formula is C13H9BrFNO2. The van der Waals surface area contributed by atoms with Gasteiger partial charge in [-0.3, -0.25) is 9.78 Å². The standard InChI is InChI=1S/C13H9BrFNO2/c1-18-8-2-3-11(14)10(6-8)13(17)9-4-5-16-7-12(9)15/h2-7H,1H3. The van der Waals surface area contributed by atoms with Crippen LogP contribution in [0.15, 0.2) is 41.1 Å². The lowest BCUT2D eigenvalue weighted by Gasteiger charge is -2.07. The minimum Gasteiger partial charge on any atom is -0.497 e. The van der Waals surface area contributed by atoms with Crippen LogP contribution in [-0.2, 0) is 0 Å². The van der Waals surface area contributed by atoms with E-state index in [0.717, 1.165) is 6.20 Å². The topological polar surface area (TPSA) is 39.2 Å². The first-order valence-electron chi connectivity index (χ1n) is 5.11. The summed E-state index contributed by atoms with van der Waals surface area (Å²) in [6.07, 6.45) is 2.39. The molecule has 0 bridgehead atoms. The molecule has 2 rings (SSSR count). The number of methoxy groups -OCH3 is 1. The van der Waals surface area contributed by atoms with E-state index in [1.165, 1.54) is 19.4 Å². The van der Waals surface area contributed by atoms with Crippen LogP contribution in [0.3, 0.4) is 0 Å². The maximum atomic E-state index is 13.5. The Hall–Kier alpha value is -1.75. The minimum absolute atomic E-state index is 0.0149. The van der Waals surface area contributed by atoms with E-state index in [0.29, 0.717) is 15.8 Å². The second-order valence-corrected chi connectivity index (χ2v) is 4.38. The summed E-state index contributed by atoms with van der Waals surface area (Å²) in [6.45, 7) is 0. The zero-order valence-corrected chi connectivity index (χ0v) is 11.1. The van der Waals surface area contributed by atoms with Gasteiger partial charge in [-0.2, -0.15) is 0 Å². The number of halogens is 2. The number of pyridine rings is 1. The van der Waals surface area contributed by atoms with E-state index in [2.05, 4.69) is 20.9 Å². The van der Waals surface area contributed by atoms with Gasteiger partial charge in [-0.1, -0.05) is 15.9 Å². The van der Waals surface area contributed by atoms with E-state index < -0.39 is 11.6 Å². The van der Waals surface area contributed by atoms with Gasteiger partial charge in [0.2, 0.25) is 0 Å². The third-order valence-electron chi connectivity index (χ3n) is 2.44. The van der Waals surface area contributed by atoms with Crippen molar-refractivity contribution in [1.82, 2.24) is 4.98 Å². The van der Waals surface area contributed by atoms with Crippen molar-refractivity contribution in [2.45, 2.75) is 0 Å². The van der Waals surface area contributed by atoms with Crippen LogP contribution in [-0.4, -0.2) is 17.9 Å². The van der Waals surface area contributed by atoms with Crippen molar-refractivity contribution in [2.24, 2.45) is 0 Å². The number of aromatic nitrogens is 1. The number of rotatable bonds is 3. The van der Waals surface area contributed by atoms with Gasteiger partial charge in [-0.15, -0.1) is 0 Å². The number of carbonyl (C=O) groups is 1. The molecule has 0 aliphatic carbocycles. The van der Waals surface area contributed by atoms with Gasteiger partial charge in [0, 0.05) is 16.2 Å². The number of hydrogen-bond donors (Lipinski definition) is 0. The van der Waals surface area contributed by atoms with Crippen molar-refractivity contribution >= 4 is 21.7 Å². The molecule has 0 aliphatic rings. The second kappa shape index (κ2) is 5.27. The fourth-order valence-electron chi connectivity index (χ4n) is 1.51. The van der Waals surface area contributed by atoms with Crippen LogP contribution in [0, 0.1) is 5.82 Å². The Labute approximate surface area is 112 Å². The van der Waals surface area contributed by atoms with Gasteiger partial charge in [0.1, 0.15) is 5.75 Å². The average molecular weight is 310 g/mol. The maximum Gasteiger partial charge on any atom is 0.197 e. The Balaban J connectivity index is 2.49. The Morgan fingerprint density at radius 2 is 2.11 bits per heavy atom. The van der Waals surface area contributed by atoms with Crippen molar-refractivity contribution in [1.29, 1.82) is 0 Å². The van der Waals surface area contributed by atoms with E-state index in [-0.39, 0.29) is 5.56 Å². The fraction of sp³-hybridized carbons (Fsp3) is 0.0769. The third-order valence-corrected chi connectivity index (χ3v) is 3.13. The van der Waals surface area contributed by atoms with Gasteiger partial charge in [-0.05, 0) is 24.3 Å². The first kappa shape index (κ1) is 12.7. The zero-order valence-electron chi connectivity index (χ0n) is 9.48. The van der Waals surface area contributed by atoms with Crippen LogP contribution < -0.4 is 4.74 Å². The van der Waals surface area contributed by atoms with Crippen molar-refractivity contribution in [3.63, 3.8) is 0 Å². The lowest BCUT2D eigenvalue weighted by atomic mass is 10.0. The number of benzene rings is 1. The molecule has 0 fully saturated rings. The molecule has 0 N–H and O–H groups in total. The van der Waals surface area contributed by atoms with Crippen LogP contribution in [0.2, 0.25) is 0 Å². The highest BCUT2D eigenvalue weighted by molar-refractivity contribution is 9.10. The SMILES string of the molecule is COc1ccc(Br)c(C(=O)c2ccncc2F)c1. The molecule has 2 aromatic rings. The second-order valence-electron chi connectivity index (χ2n) is 3.53. The van der Waals surface area contributed by atoms with Gasteiger partial charge in [0.15, 0.2) is 11.6 Å². The summed E-state index contributed by atoms with van der Waals surface area (Å²) in [5.41, 5.74) is 0.332. The smallest absolute Gasteiger partial charge is 0.197 e. The number of hydrogen-bond acceptors (Lipinski definition) is 3. The summed E-state index contributed by atoms with van der Waals surface area (Å²) in [5.74, 6) is -0.520. The van der Waals surface area contributed by atoms with E-state index in [1.807, 2.05) is 0 Å². The average Bonchev–Trinajstić information content (AvgIpc) is 2.39. The van der Waals surface area contributed by atoms with E-state index in [9.17, 15) is 9.18 Å². The molecule has 1 aromatic heterocycles. The van der Waals surface area contributed by atoms with Crippen LogP contribution in [0.25, 0.3) is 0 Å².